The standard InChI is InChI=1S/C14H13BrN2O3S/c1-9-2-3-10(8-13(9)21(16,19)20)14(18)17-12-6-4-11(15)5-7-12/h2-8H,1H3,(H,17,18)(H2,16,19,20). The summed E-state index contributed by atoms with van der Waals surface area (Å²) in [7, 11) is -3.85. The van der Waals surface area contributed by atoms with Gasteiger partial charge in [-0.3, -0.25) is 4.79 Å². The molecule has 1 amide bonds. The van der Waals surface area contributed by atoms with Gasteiger partial charge in [-0.15, -0.1) is 0 Å². The first-order chi connectivity index (χ1) is 9.77. The van der Waals surface area contributed by atoms with Crippen molar-refractivity contribution in [3.8, 4) is 0 Å². The zero-order valence-corrected chi connectivity index (χ0v) is 13.5. The smallest absolute Gasteiger partial charge is 0.255 e. The van der Waals surface area contributed by atoms with Crippen LogP contribution in [0.5, 0.6) is 0 Å². The van der Waals surface area contributed by atoms with E-state index < -0.39 is 15.9 Å². The highest BCUT2D eigenvalue weighted by atomic mass is 79.9. The van der Waals surface area contributed by atoms with E-state index in [0.717, 1.165) is 4.47 Å². The number of hydrogen-bond acceptors (Lipinski definition) is 3. The Kier molecular flexibility index (Phi) is 4.46. The first-order valence-electron chi connectivity index (χ1n) is 5.98. The van der Waals surface area contributed by atoms with Crippen molar-refractivity contribution in [1.82, 2.24) is 0 Å². The molecule has 0 aromatic heterocycles. The predicted molar refractivity (Wildman–Crippen MR) is 84.6 cm³/mol. The van der Waals surface area contributed by atoms with E-state index >= 15 is 0 Å². The number of hydrogen-bond donors (Lipinski definition) is 2. The lowest BCUT2D eigenvalue weighted by Crippen LogP contribution is -2.17. The first-order valence-corrected chi connectivity index (χ1v) is 8.31. The minimum atomic E-state index is -3.85. The lowest BCUT2D eigenvalue weighted by Gasteiger charge is -2.08. The zero-order chi connectivity index (χ0) is 15.6. The summed E-state index contributed by atoms with van der Waals surface area (Å²) in [6, 6.07) is 11.4. The monoisotopic (exact) mass is 368 g/mol. The molecule has 0 aliphatic heterocycles. The molecule has 2 aromatic carbocycles. The second kappa shape index (κ2) is 5.97. The van der Waals surface area contributed by atoms with Crippen LogP contribution in [0, 0.1) is 6.92 Å². The van der Waals surface area contributed by atoms with Gasteiger partial charge in [-0.2, -0.15) is 0 Å². The van der Waals surface area contributed by atoms with Gasteiger partial charge < -0.3 is 5.32 Å². The third-order valence-corrected chi connectivity index (χ3v) is 4.44. The zero-order valence-electron chi connectivity index (χ0n) is 11.1. The Balaban J connectivity index is 2.30. The van der Waals surface area contributed by atoms with Gasteiger partial charge in [0.1, 0.15) is 0 Å². The third-order valence-electron chi connectivity index (χ3n) is 2.86. The molecule has 110 valence electrons. The fraction of sp³-hybridized carbons (Fsp3) is 0.0714. The SMILES string of the molecule is Cc1ccc(C(=O)Nc2ccc(Br)cc2)cc1S(N)(=O)=O. The van der Waals surface area contributed by atoms with Crippen molar-refractivity contribution >= 4 is 37.5 Å². The van der Waals surface area contributed by atoms with E-state index in [1.54, 1.807) is 43.3 Å². The number of primary sulfonamides is 1. The summed E-state index contributed by atoms with van der Waals surface area (Å²) in [5.41, 5.74) is 1.34. The van der Waals surface area contributed by atoms with Gasteiger partial charge in [0.2, 0.25) is 10.0 Å². The first kappa shape index (κ1) is 15.7. The fourth-order valence-electron chi connectivity index (χ4n) is 1.78. The number of benzene rings is 2. The highest BCUT2D eigenvalue weighted by Crippen LogP contribution is 2.18. The summed E-state index contributed by atoms with van der Waals surface area (Å²) in [6.45, 7) is 1.62. The normalized spacial score (nSPS) is 11.2. The molecule has 0 aliphatic rings. The Morgan fingerprint density at radius 3 is 2.33 bits per heavy atom. The van der Waals surface area contributed by atoms with Gasteiger partial charge in [0.25, 0.3) is 5.91 Å². The Morgan fingerprint density at radius 1 is 1.14 bits per heavy atom. The molecule has 5 nitrogen and oxygen atoms in total. The summed E-state index contributed by atoms with van der Waals surface area (Å²) >= 11 is 3.30. The molecule has 0 fully saturated rings. The van der Waals surface area contributed by atoms with E-state index in [9.17, 15) is 13.2 Å². The van der Waals surface area contributed by atoms with Gasteiger partial charge >= 0.3 is 0 Å². The highest BCUT2D eigenvalue weighted by molar-refractivity contribution is 9.10. The average Bonchev–Trinajstić information content (AvgIpc) is 2.40. The Bertz CT molecular complexity index is 786. The maximum Gasteiger partial charge on any atom is 0.255 e. The van der Waals surface area contributed by atoms with Gasteiger partial charge in [-0.05, 0) is 48.9 Å². The van der Waals surface area contributed by atoms with E-state index in [1.807, 2.05) is 0 Å². The van der Waals surface area contributed by atoms with Crippen molar-refractivity contribution in [3.05, 3.63) is 58.1 Å². The fourth-order valence-corrected chi connectivity index (χ4v) is 2.86. The number of rotatable bonds is 3. The van der Waals surface area contributed by atoms with Crippen molar-refractivity contribution in [2.45, 2.75) is 11.8 Å². The summed E-state index contributed by atoms with van der Waals surface area (Å²) in [4.78, 5) is 12.1. The van der Waals surface area contributed by atoms with Gasteiger partial charge in [0.05, 0.1) is 4.90 Å². The topological polar surface area (TPSA) is 89.3 Å². The molecule has 0 bridgehead atoms. The van der Waals surface area contributed by atoms with Crippen molar-refractivity contribution in [2.75, 3.05) is 5.32 Å². The van der Waals surface area contributed by atoms with Crippen LogP contribution in [-0.4, -0.2) is 14.3 Å². The number of amides is 1. The Morgan fingerprint density at radius 2 is 1.76 bits per heavy atom. The summed E-state index contributed by atoms with van der Waals surface area (Å²) in [6.07, 6.45) is 0. The number of sulfonamides is 1. The number of aryl methyl sites for hydroxylation is 1. The maximum absolute atomic E-state index is 12.1. The average molecular weight is 369 g/mol. The third kappa shape index (κ3) is 3.90. The van der Waals surface area contributed by atoms with Crippen LogP contribution in [0.3, 0.4) is 0 Å². The second-order valence-corrected chi connectivity index (χ2v) is 6.93. The molecular formula is C14H13BrN2O3S. The molecule has 21 heavy (non-hydrogen) atoms. The molecule has 0 saturated heterocycles. The number of carbonyl (C=O) groups excluding carboxylic acids is 1. The van der Waals surface area contributed by atoms with Crippen LogP contribution in [0.1, 0.15) is 15.9 Å². The number of carbonyl (C=O) groups is 1. The largest absolute Gasteiger partial charge is 0.322 e. The molecule has 0 radical (unpaired) electrons. The molecule has 7 heteroatoms. The van der Waals surface area contributed by atoms with Crippen LogP contribution in [0.4, 0.5) is 5.69 Å². The number of anilines is 1. The van der Waals surface area contributed by atoms with Crippen LogP contribution in [0.2, 0.25) is 0 Å². The minimum Gasteiger partial charge on any atom is -0.322 e. The molecule has 2 aromatic rings. The molecular weight excluding hydrogens is 356 g/mol. The summed E-state index contributed by atoms with van der Waals surface area (Å²) in [5, 5.41) is 7.82. The molecule has 3 N–H and O–H groups in total. The maximum atomic E-state index is 12.1. The molecule has 0 spiro atoms. The Labute approximate surface area is 131 Å². The molecule has 0 unspecified atom stereocenters. The molecule has 0 saturated carbocycles. The highest BCUT2D eigenvalue weighted by Gasteiger charge is 2.15. The summed E-state index contributed by atoms with van der Waals surface area (Å²) < 4.78 is 23.8. The van der Waals surface area contributed by atoms with Crippen LogP contribution < -0.4 is 10.5 Å². The Hall–Kier alpha value is -1.70. The lowest BCUT2D eigenvalue weighted by atomic mass is 10.1. The summed E-state index contributed by atoms with van der Waals surface area (Å²) in [5.74, 6) is -0.401. The van der Waals surface area contributed by atoms with E-state index in [2.05, 4.69) is 21.2 Å². The van der Waals surface area contributed by atoms with Crippen LogP contribution in [-0.2, 0) is 10.0 Å². The van der Waals surface area contributed by atoms with E-state index in [-0.39, 0.29) is 10.5 Å². The number of nitrogens with one attached hydrogen (secondary N) is 1. The molecule has 0 heterocycles. The molecule has 0 aliphatic carbocycles. The molecule has 2 rings (SSSR count). The van der Waals surface area contributed by atoms with Gasteiger partial charge in [-0.1, -0.05) is 22.0 Å². The van der Waals surface area contributed by atoms with Crippen molar-refractivity contribution in [1.29, 1.82) is 0 Å². The van der Waals surface area contributed by atoms with E-state index in [0.29, 0.717) is 11.3 Å². The van der Waals surface area contributed by atoms with E-state index in [4.69, 9.17) is 5.14 Å². The lowest BCUT2D eigenvalue weighted by molar-refractivity contribution is 0.102. The van der Waals surface area contributed by atoms with Gasteiger partial charge in [0.15, 0.2) is 0 Å². The van der Waals surface area contributed by atoms with E-state index in [1.165, 1.54) is 6.07 Å². The van der Waals surface area contributed by atoms with Gasteiger partial charge in [0, 0.05) is 15.7 Å². The quantitative estimate of drug-likeness (QED) is 0.872. The van der Waals surface area contributed by atoms with Crippen LogP contribution >= 0.6 is 15.9 Å². The second-order valence-electron chi connectivity index (χ2n) is 4.49. The predicted octanol–water partition coefficient (Wildman–Crippen LogP) is 2.66. The van der Waals surface area contributed by atoms with Gasteiger partial charge in [-0.25, -0.2) is 13.6 Å². The molecule has 0 atom stereocenters. The van der Waals surface area contributed by atoms with Crippen LogP contribution in [0.25, 0.3) is 0 Å². The van der Waals surface area contributed by atoms with Crippen molar-refractivity contribution < 1.29 is 13.2 Å². The van der Waals surface area contributed by atoms with Crippen molar-refractivity contribution in [3.63, 3.8) is 0 Å². The number of halogens is 1. The minimum absolute atomic E-state index is 0.0500. The van der Waals surface area contributed by atoms with Crippen molar-refractivity contribution in [2.24, 2.45) is 5.14 Å². The number of nitrogens with two attached hydrogens (primary N) is 1. The van der Waals surface area contributed by atoms with Crippen LogP contribution in [0.15, 0.2) is 51.8 Å².